The summed E-state index contributed by atoms with van der Waals surface area (Å²) in [6.07, 6.45) is 4.77. The second-order valence-corrected chi connectivity index (χ2v) is 6.57. The first kappa shape index (κ1) is 18.5. The number of para-hydroxylation sites is 1. The molecule has 0 bridgehead atoms. The molecule has 0 saturated carbocycles. The summed E-state index contributed by atoms with van der Waals surface area (Å²) < 4.78 is 4.98. The van der Waals surface area contributed by atoms with Gasteiger partial charge in [-0.15, -0.1) is 0 Å². The van der Waals surface area contributed by atoms with Gasteiger partial charge in [-0.3, -0.25) is 25.4 Å². The van der Waals surface area contributed by atoms with Crippen LogP contribution in [0.25, 0.3) is 22.3 Å². The first-order chi connectivity index (χ1) is 14.2. The van der Waals surface area contributed by atoms with Gasteiger partial charge in [-0.05, 0) is 48.7 Å². The maximum Gasteiger partial charge on any atom is 0.305 e. The minimum atomic E-state index is -0.489. The van der Waals surface area contributed by atoms with Crippen molar-refractivity contribution in [1.29, 1.82) is 0 Å². The van der Waals surface area contributed by atoms with E-state index in [-0.39, 0.29) is 18.1 Å². The lowest BCUT2D eigenvalue weighted by Gasteiger charge is -2.07. The molecule has 3 aromatic heterocycles. The van der Waals surface area contributed by atoms with Crippen molar-refractivity contribution in [3.8, 4) is 11.4 Å². The number of nitrogens with one attached hydrogen (secondary N) is 3. The number of nitrogens with zero attached hydrogens (tertiary/aromatic N) is 1. The van der Waals surface area contributed by atoms with Gasteiger partial charge in [0.25, 0.3) is 0 Å². The second-order valence-electron chi connectivity index (χ2n) is 6.57. The van der Waals surface area contributed by atoms with Crippen LogP contribution in [0.3, 0.4) is 0 Å². The molecule has 29 heavy (non-hydrogen) atoms. The maximum atomic E-state index is 12.1. The van der Waals surface area contributed by atoms with Crippen molar-refractivity contribution >= 4 is 22.7 Å². The average Bonchev–Trinajstić information content (AvgIpc) is 3.41. The van der Waals surface area contributed by atoms with Crippen LogP contribution in [0.15, 0.2) is 71.5 Å². The number of furan rings is 1. The number of carbonyl (C=O) groups excluding carboxylic acids is 2. The SMILES string of the molecule is O=C(CCCc1c(-c2ccccn2)[nH]c2ccccc12)NNC(=O)c1ccco1. The monoisotopic (exact) mass is 388 g/mol. The van der Waals surface area contributed by atoms with Crippen LogP contribution in [-0.2, 0) is 11.2 Å². The normalized spacial score (nSPS) is 10.8. The second kappa shape index (κ2) is 8.43. The zero-order chi connectivity index (χ0) is 20.1. The Bertz CT molecular complexity index is 1120. The van der Waals surface area contributed by atoms with E-state index in [0.717, 1.165) is 27.9 Å². The predicted octanol–water partition coefficient (Wildman–Crippen LogP) is 3.61. The van der Waals surface area contributed by atoms with Crippen molar-refractivity contribution in [2.45, 2.75) is 19.3 Å². The lowest BCUT2D eigenvalue weighted by atomic mass is 10.0. The number of hydrogen-bond donors (Lipinski definition) is 3. The number of benzene rings is 1. The number of aromatic amines is 1. The number of aryl methyl sites for hydroxylation is 1. The van der Waals surface area contributed by atoms with Crippen LogP contribution in [0, 0.1) is 0 Å². The number of hydrogen-bond acceptors (Lipinski definition) is 4. The third kappa shape index (κ3) is 4.19. The summed E-state index contributed by atoms with van der Waals surface area (Å²) >= 11 is 0. The lowest BCUT2D eigenvalue weighted by molar-refractivity contribution is -0.121. The molecule has 1 aromatic carbocycles. The molecule has 0 aliphatic heterocycles. The van der Waals surface area contributed by atoms with E-state index in [1.165, 1.54) is 12.3 Å². The summed E-state index contributed by atoms with van der Waals surface area (Å²) in [5.41, 5.74) is 8.77. The van der Waals surface area contributed by atoms with Gasteiger partial charge in [-0.25, -0.2) is 0 Å². The number of H-pyrrole nitrogens is 1. The van der Waals surface area contributed by atoms with E-state index >= 15 is 0 Å². The molecule has 0 spiro atoms. The standard InChI is InChI=1S/C22H20N4O3/c27-20(25-26-22(28)19-11-6-14-29-19)12-5-8-16-15-7-1-2-9-17(15)24-21(16)18-10-3-4-13-23-18/h1-4,6-7,9-11,13-14,24H,5,8,12H2,(H,25,27)(H,26,28). The fourth-order valence-corrected chi connectivity index (χ4v) is 3.27. The topological polar surface area (TPSA) is 100 Å². The smallest absolute Gasteiger partial charge is 0.305 e. The molecule has 0 saturated heterocycles. The number of rotatable bonds is 6. The van der Waals surface area contributed by atoms with Crippen molar-refractivity contribution in [3.05, 3.63) is 78.4 Å². The Kier molecular flexibility index (Phi) is 5.38. The molecule has 0 aliphatic rings. The molecule has 2 amide bonds. The Morgan fingerprint density at radius 2 is 1.86 bits per heavy atom. The Hall–Kier alpha value is -3.87. The lowest BCUT2D eigenvalue weighted by Crippen LogP contribution is -2.41. The zero-order valence-corrected chi connectivity index (χ0v) is 15.6. The van der Waals surface area contributed by atoms with Crippen LogP contribution < -0.4 is 10.9 Å². The fourth-order valence-electron chi connectivity index (χ4n) is 3.27. The van der Waals surface area contributed by atoms with Crippen LogP contribution in [0.5, 0.6) is 0 Å². The van der Waals surface area contributed by atoms with E-state index in [9.17, 15) is 9.59 Å². The number of hydrazine groups is 1. The summed E-state index contributed by atoms with van der Waals surface area (Å²) in [5.74, 6) is -0.606. The van der Waals surface area contributed by atoms with Gasteiger partial charge >= 0.3 is 5.91 Å². The molecule has 0 atom stereocenters. The summed E-state index contributed by atoms with van der Waals surface area (Å²) in [4.78, 5) is 31.8. The van der Waals surface area contributed by atoms with Crippen LogP contribution in [0.1, 0.15) is 29.0 Å². The van der Waals surface area contributed by atoms with E-state index in [0.29, 0.717) is 12.8 Å². The molecule has 7 heteroatoms. The van der Waals surface area contributed by atoms with E-state index < -0.39 is 5.91 Å². The molecule has 3 N–H and O–H groups in total. The highest BCUT2D eigenvalue weighted by molar-refractivity contribution is 5.93. The number of carbonyl (C=O) groups is 2. The maximum absolute atomic E-state index is 12.1. The molecule has 0 unspecified atom stereocenters. The molecular formula is C22H20N4O3. The third-order valence-electron chi connectivity index (χ3n) is 4.63. The average molecular weight is 388 g/mol. The molecule has 0 fully saturated rings. The minimum Gasteiger partial charge on any atom is -0.459 e. The van der Waals surface area contributed by atoms with Crippen LogP contribution in [0.2, 0.25) is 0 Å². The van der Waals surface area contributed by atoms with Gasteiger partial charge in [0.2, 0.25) is 5.91 Å². The zero-order valence-electron chi connectivity index (χ0n) is 15.6. The minimum absolute atomic E-state index is 0.143. The number of pyridine rings is 1. The summed E-state index contributed by atoms with van der Waals surface area (Å²) in [5, 5.41) is 1.12. The van der Waals surface area contributed by atoms with Gasteiger partial charge < -0.3 is 9.40 Å². The third-order valence-corrected chi connectivity index (χ3v) is 4.63. The van der Waals surface area contributed by atoms with Crippen molar-refractivity contribution in [2.75, 3.05) is 0 Å². The predicted molar refractivity (Wildman–Crippen MR) is 109 cm³/mol. The van der Waals surface area contributed by atoms with Crippen molar-refractivity contribution in [1.82, 2.24) is 20.8 Å². The van der Waals surface area contributed by atoms with E-state index in [2.05, 4.69) is 26.9 Å². The Balaban J connectivity index is 1.40. The largest absolute Gasteiger partial charge is 0.459 e. The molecule has 4 rings (SSSR count). The van der Waals surface area contributed by atoms with Crippen LogP contribution in [-0.4, -0.2) is 21.8 Å². The summed E-state index contributed by atoms with van der Waals surface area (Å²) in [7, 11) is 0. The highest BCUT2D eigenvalue weighted by Crippen LogP contribution is 2.30. The van der Waals surface area contributed by atoms with Gasteiger partial charge in [0, 0.05) is 23.5 Å². The molecular weight excluding hydrogens is 368 g/mol. The van der Waals surface area contributed by atoms with Crippen molar-refractivity contribution in [3.63, 3.8) is 0 Å². The van der Waals surface area contributed by atoms with Gasteiger partial charge in [-0.1, -0.05) is 24.3 Å². The quantitative estimate of drug-likeness (QED) is 0.439. The molecule has 3 heterocycles. The molecule has 4 aromatic rings. The first-order valence-corrected chi connectivity index (χ1v) is 9.36. The fraction of sp³-hybridized carbons (Fsp3) is 0.136. The van der Waals surface area contributed by atoms with Crippen LogP contribution in [0.4, 0.5) is 0 Å². The van der Waals surface area contributed by atoms with E-state index in [1.807, 2.05) is 36.4 Å². The van der Waals surface area contributed by atoms with Crippen LogP contribution >= 0.6 is 0 Å². The molecule has 0 aliphatic carbocycles. The number of fused-ring (bicyclic) bond motifs is 1. The van der Waals surface area contributed by atoms with Gasteiger partial charge in [-0.2, -0.15) is 0 Å². The van der Waals surface area contributed by atoms with E-state index in [4.69, 9.17) is 4.42 Å². The van der Waals surface area contributed by atoms with Gasteiger partial charge in [0.15, 0.2) is 5.76 Å². The Morgan fingerprint density at radius 3 is 2.66 bits per heavy atom. The summed E-state index contributed by atoms with van der Waals surface area (Å²) in [6.45, 7) is 0. The van der Waals surface area contributed by atoms with Crippen molar-refractivity contribution in [2.24, 2.45) is 0 Å². The Morgan fingerprint density at radius 1 is 1.00 bits per heavy atom. The van der Waals surface area contributed by atoms with Crippen molar-refractivity contribution < 1.29 is 14.0 Å². The highest BCUT2D eigenvalue weighted by Gasteiger charge is 2.14. The Labute approximate surface area is 167 Å². The molecule has 7 nitrogen and oxygen atoms in total. The summed E-state index contributed by atoms with van der Waals surface area (Å²) in [6, 6.07) is 17.0. The molecule has 146 valence electrons. The first-order valence-electron chi connectivity index (χ1n) is 9.36. The van der Waals surface area contributed by atoms with Gasteiger partial charge in [0.1, 0.15) is 0 Å². The molecule has 0 radical (unpaired) electrons. The van der Waals surface area contributed by atoms with Gasteiger partial charge in [0.05, 0.1) is 17.7 Å². The number of aromatic nitrogens is 2. The number of amides is 2. The highest BCUT2D eigenvalue weighted by atomic mass is 16.3. The van der Waals surface area contributed by atoms with E-state index in [1.54, 1.807) is 12.3 Å².